The van der Waals surface area contributed by atoms with Crippen LogP contribution in [0.4, 0.5) is 0 Å². The van der Waals surface area contributed by atoms with Crippen LogP contribution in [0.2, 0.25) is 0 Å². The average Bonchev–Trinajstić information content (AvgIpc) is 3.19. The first kappa shape index (κ1) is 15.7. The lowest BCUT2D eigenvalue weighted by molar-refractivity contribution is -0.121. The topological polar surface area (TPSA) is 81.8 Å². The summed E-state index contributed by atoms with van der Waals surface area (Å²) >= 11 is 1.39. The zero-order chi connectivity index (χ0) is 16.1. The minimum Gasteiger partial charge on any atom is -0.354 e. The van der Waals surface area contributed by atoms with Crippen LogP contribution in [-0.2, 0) is 11.3 Å². The average molecular weight is 333 g/mol. The van der Waals surface area contributed by atoms with E-state index >= 15 is 0 Å². The molecule has 1 N–H and O–H groups in total. The Labute approximate surface area is 137 Å². The van der Waals surface area contributed by atoms with E-state index in [9.17, 15) is 9.59 Å². The monoisotopic (exact) mass is 333 g/mol. The quantitative estimate of drug-likeness (QED) is 0.812. The van der Waals surface area contributed by atoms with Crippen LogP contribution in [0.1, 0.15) is 32.1 Å². The van der Waals surface area contributed by atoms with E-state index in [2.05, 4.69) is 21.8 Å². The van der Waals surface area contributed by atoms with Gasteiger partial charge in [-0.3, -0.25) is 4.79 Å². The maximum Gasteiger partial charge on any atom is 0.369 e. The van der Waals surface area contributed by atoms with Gasteiger partial charge in [0.15, 0.2) is 0 Å². The highest BCUT2D eigenvalue weighted by atomic mass is 32.1. The fourth-order valence-corrected chi connectivity index (χ4v) is 3.26. The number of carbonyl (C=O) groups is 1. The molecule has 0 atom stereocenters. The number of aromatic nitrogens is 4. The summed E-state index contributed by atoms with van der Waals surface area (Å²) in [5, 5.41) is 12.9. The normalized spacial score (nSPS) is 14.5. The summed E-state index contributed by atoms with van der Waals surface area (Å²) in [6.45, 7) is 0.488. The van der Waals surface area contributed by atoms with Crippen molar-refractivity contribution in [2.24, 2.45) is 0 Å². The third kappa shape index (κ3) is 3.95. The molecule has 0 bridgehead atoms. The molecular formula is C15H19N5O2S. The van der Waals surface area contributed by atoms with Crippen LogP contribution in [-0.4, -0.2) is 32.2 Å². The van der Waals surface area contributed by atoms with Crippen LogP contribution < -0.4 is 11.0 Å². The molecule has 0 radical (unpaired) electrons. The Kier molecular flexibility index (Phi) is 5.02. The minimum absolute atomic E-state index is 0.108. The van der Waals surface area contributed by atoms with E-state index in [0.717, 1.165) is 23.9 Å². The molecule has 2 aromatic rings. The molecule has 8 heteroatoms. The van der Waals surface area contributed by atoms with Crippen LogP contribution in [0.5, 0.6) is 0 Å². The molecule has 0 unspecified atom stereocenters. The standard InChI is InChI=1S/C15H19N5O2S/c21-13(16-9-8-12-5-2-1-3-6-12)11-19-15(22)20(18-17-19)14-7-4-10-23-14/h4-5,7,10H,1-3,6,8-9,11H2,(H,16,21). The molecule has 0 saturated carbocycles. The molecule has 7 nitrogen and oxygen atoms in total. The van der Waals surface area contributed by atoms with E-state index in [1.807, 2.05) is 11.4 Å². The van der Waals surface area contributed by atoms with Crippen molar-refractivity contribution in [1.29, 1.82) is 0 Å². The minimum atomic E-state index is -0.405. The van der Waals surface area contributed by atoms with Gasteiger partial charge in [0.05, 0.1) is 0 Å². The van der Waals surface area contributed by atoms with E-state index in [1.54, 1.807) is 6.07 Å². The van der Waals surface area contributed by atoms with Crippen LogP contribution in [0, 0.1) is 0 Å². The Balaban J connectivity index is 1.52. The van der Waals surface area contributed by atoms with E-state index in [1.165, 1.54) is 34.4 Å². The molecule has 1 amide bonds. The van der Waals surface area contributed by atoms with E-state index in [-0.39, 0.29) is 12.5 Å². The maximum absolute atomic E-state index is 12.1. The molecule has 23 heavy (non-hydrogen) atoms. The van der Waals surface area contributed by atoms with E-state index in [4.69, 9.17) is 0 Å². The summed E-state index contributed by atoms with van der Waals surface area (Å²) in [5.41, 5.74) is 1.01. The van der Waals surface area contributed by atoms with Crippen molar-refractivity contribution in [2.45, 2.75) is 38.6 Å². The van der Waals surface area contributed by atoms with Crippen LogP contribution in [0.15, 0.2) is 34.0 Å². The molecule has 2 aromatic heterocycles. The second kappa shape index (κ2) is 7.36. The van der Waals surface area contributed by atoms with Gasteiger partial charge in [0.1, 0.15) is 11.5 Å². The van der Waals surface area contributed by atoms with Gasteiger partial charge >= 0.3 is 5.69 Å². The number of allylic oxidation sites excluding steroid dienone is 1. The second-order valence-electron chi connectivity index (χ2n) is 5.49. The zero-order valence-electron chi connectivity index (χ0n) is 12.8. The Hall–Kier alpha value is -2.22. The summed E-state index contributed by atoms with van der Waals surface area (Å²) in [7, 11) is 0. The van der Waals surface area contributed by atoms with Gasteiger partial charge in [0.2, 0.25) is 5.91 Å². The summed E-state index contributed by atoms with van der Waals surface area (Å²) < 4.78 is 2.28. The number of hydrogen-bond donors (Lipinski definition) is 1. The molecule has 1 aliphatic rings. The summed E-state index contributed by atoms with van der Waals surface area (Å²) in [6, 6.07) is 3.61. The van der Waals surface area contributed by atoms with Crippen LogP contribution in [0.25, 0.3) is 5.00 Å². The fraction of sp³-hybridized carbons (Fsp3) is 0.467. The van der Waals surface area contributed by atoms with Crippen LogP contribution >= 0.6 is 11.3 Å². The first-order chi connectivity index (χ1) is 11.2. The van der Waals surface area contributed by atoms with Crippen molar-refractivity contribution in [1.82, 2.24) is 25.1 Å². The number of amides is 1. The number of carbonyl (C=O) groups excluding carboxylic acids is 1. The molecule has 0 spiro atoms. The zero-order valence-corrected chi connectivity index (χ0v) is 13.6. The summed E-state index contributed by atoms with van der Waals surface area (Å²) in [6.07, 6.45) is 7.92. The van der Waals surface area contributed by atoms with Crippen molar-refractivity contribution in [3.63, 3.8) is 0 Å². The third-order valence-electron chi connectivity index (χ3n) is 3.80. The number of rotatable bonds is 6. The number of hydrogen-bond acceptors (Lipinski definition) is 5. The third-order valence-corrected chi connectivity index (χ3v) is 4.64. The van der Waals surface area contributed by atoms with Crippen molar-refractivity contribution >= 4 is 17.2 Å². The Morgan fingerprint density at radius 3 is 3.00 bits per heavy atom. The Bertz CT molecular complexity index is 744. The van der Waals surface area contributed by atoms with Gasteiger partial charge < -0.3 is 5.32 Å². The van der Waals surface area contributed by atoms with Crippen molar-refractivity contribution < 1.29 is 4.79 Å². The van der Waals surface area contributed by atoms with Crippen molar-refractivity contribution in [2.75, 3.05) is 6.54 Å². The molecule has 3 rings (SSSR count). The number of thiophene rings is 1. The van der Waals surface area contributed by atoms with Crippen LogP contribution in [0.3, 0.4) is 0 Å². The number of tetrazole rings is 1. The van der Waals surface area contributed by atoms with Gasteiger partial charge in [0.25, 0.3) is 0 Å². The first-order valence-electron chi connectivity index (χ1n) is 7.75. The summed E-state index contributed by atoms with van der Waals surface area (Å²) in [5.74, 6) is -0.221. The lowest BCUT2D eigenvalue weighted by Gasteiger charge is -2.12. The molecule has 0 aliphatic heterocycles. The highest BCUT2D eigenvalue weighted by Gasteiger charge is 2.12. The molecule has 0 aromatic carbocycles. The molecule has 0 saturated heterocycles. The molecule has 122 valence electrons. The SMILES string of the molecule is O=C(Cn1nnn(-c2cccs2)c1=O)NCCC1=CCCCC1. The lowest BCUT2D eigenvalue weighted by atomic mass is 9.97. The van der Waals surface area contributed by atoms with E-state index in [0.29, 0.717) is 11.5 Å². The van der Waals surface area contributed by atoms with Crippen molar-refractivity contribution in [3.05, 3.63) is 39.6 Å². The largest absolute Gasteiger partial charge is 0.369 e. The summed E-state index contributed by atoms with van der Waals surface area (Å²) in [4.78, 5) is 24.1. The lowest BCUT2D eigenvalue weighted by Crippen LogP contribution is -2.34. The molecular weight excluding hydrogens is 314 g/mol. The Morgan fingerprint density at radius 2 is 2.26 bits per heavy atom. The van der Waals surface area contributed by atoms with Gasteiger partial charge in [-0.15, -0.1) is 11.3 Å². The van der Waals surface area contributed by atoms with Gasteiger partial charge in [-0.05, 0) is 60.0 Å². The number of nitrogens with zero attached hydrogens (tertiary/aromatic N) is 4. The van der Waals surface area contributed by atoms with Gasteiger partial charge in [-0.2, -0.15) is 9.36 Å². The molecule has 1 aliphatic carbocycles. The smallest absolute Gasteiger partial charge is 0.354 e. The first-order valence-corrected chi connectivity index (χ1v) is 8.63. The van der Waals surface area contributed by atoms with Gasteiger partial charge in [-0.1, -0.05) is 11.6 Å². The maximum atomic E-state index is 12.1. The fourth-order valence-electron chi connectivity index (χ4n) is 2.59. The van der Waals surface area contributed by atoms with Crippen molar-refractivity contribution in [3.8, 4) is 5.00 Å². The Morgan fingerprint density at radius 1 is 1.35 bits per heavy atom. The highest BCUT2D eigenvalue weighted by Crippen LogP contribution is 2.19. The highest BCUT2D eigenvalue weighted by molar-refractivity contribution is 7.12. The molecule has 0 fully saturated rings. The van der Waals surface area contributed by atoms with Gasteiger partial charge in [0, 0.05) is 6.54 Å². The molecule has 2 heterocycles. The predicted molar refractivity (Wildman–Crippen MR) is 87.7 cm³/mol. The number of nitrogens with one attached hydrogen (secondary N) is 1. The second-order valence-corrected chi connectivity index (χ2v) is 6.42. The van der Waals surface area contributed by atoms with E-state index < -0.39 is 5.69 Å². The predicted octanol–water partition coefficient (Wildman–Crippen LogP) is 1.50. The van der Waals surface area contributed by atoms with Gasteiger partial charge in [-0.25, -0.2) is 4.79 Å².